The van der Waals surface area contributed by atoms with Gasteiger partial charge >= 0.3 is 5.97 Å². The van der Waals surface area contributed by atoms with E-state index in [2.05, 4.69) is 0 Å². The van der Waals surface area contributed by atoms with Gasteiger partial charge < -0.3 is 19.1 Å². The van der Waals surface area contributed by atoms with Crippen LogP contribution >= 0.6 is 0 Å². The molecule has 0 saturated carbocycles. The van der Waals surface area contributed by atoms with Gasteiger partial charge in [-0.3, -0.25) is 14.4 Å². The van der Waals surface area contributed by atoms with Crippen molar-refractivity contribution < 1.29 is 37.8 Å². The van der Waals surface area contributed by atoms with Crippen LogP contribution in [-0.2, 0) is 28.7 Å². The molecule has 1 aromatic carbocycles. The molecular weight excluding hydrogens is 459 g/mol. The lowest BCUT2D eigenvalue weighted by Crippen LogP contribution is -2.44. The number of benzene rings is 1. The van der Waals surface area contributed by atoms with Gasteiger partial charge in [-0.05, 0) is 52.5 Å². The van der Waals surface area contributed by atoms with Gasteiger partial charge in [-0.2, -0.15) is 0 Å². The van der Waals surface area contributed by atoms with E-state index >= 15 is 4.39 Å². The number of hydrogen-bond acceptors (Lipinski definition) is 7. The van der Waals surface area contributed by atoms with E-state index in [-0.39, 0.29) is 59.9 Å². The van der Waals surface area contributed by atoms with E-state index in [1.54, 1.807) is 20.8 Å². The molecule has 190 valence electrons. The molecule has 2 aliphatic rings. The molecule has 0 radical (unpaired) electrons. The van der Waals surface area contributed by atoms with Gasteiger partial charge in [0.2, 0.25) is 5.91 Å². The molecule has 0 saturated heterocycles. The lowest BCUT2D eigenvalue weighted by atomic mass is 9.90. The SMILES string of the molecule is COCC(C)OC(=O)C1=C(C(=O)N(C(C)=O)c2cc3c(cc2F)OCC(=O)N3C(C)C)CCCC1. The Hall–Kier alpha value is -3.27. The minimum absolute atomic E-state index is 0.117. The Morgan fingerprint density at radius 1 is 1.14 bits per heavy atom. The summed E-state index contributed by atoms with van der Waals surface area (Å²) in [7, 11) is 1.48. The number of anilines is 2. The van der Waals surface area contributed by atoms with E-state index in [0.29, 0.717) is 24.2 Å². The van der Waals surface area contributed by atoms with Crippen molar-refractivity contribution in [1.82, 2.24) is 0 Å². The second kappa shape index (κ2) is 11.0. The van der Waals surface area contributed by atoms with Gasteiger partial charge in [-0.15, -0.1) is 0 Å². The third kappa shape index (κ3) is 5.53. The fourth-order valence-corrected chi connectivity index (χ4v) is 4.36. The zero-order valence-electron chi connectivity index (χ0n) is 20.7. The molecule has 1 atom stereocenters. The predicted octanol–water partition coefficient (Wildman–Crippen LogP) is 3.29. The molecular formula is C25H31FN2O7. The lowest BCUT2D eigenvalue weighted by molar-refractivity contribution is -0.146. The summed E-state index contributed by atoms with van der Waals surface area (Å²) in [6.45, 7) is 6.34. The number of ether oxygens (including phenoxy) is 3. The monoisotopic (exact) mass is 490 g/mol. The van der Waals surface area contributed by atoms with Crippen molar-refractivity contribution in [2.24, 2.45) is 0 Å². The molecule has 10 heteroatoms. The Morgan fingerprint density at radius 3 is 2.40 bits per heavy atom. The first-order valence-corrected chi connectivity index (χ1v) is 11.6. The zero-order chi connectivity index (χ0) is 25.9. The number of hydrogen-bond donors (Lipinski definition) is 0. The molecule has 0 N–H and O–H groups in total. The van der Waals surface area contributed by atoms with Gasteiger partial charge in [0.1, 0.15) is 11.9 Å². The van der Waals surface area contributed by atoms with E-state index in [4.69, 9.17) is 14.2 Å². The van der Waals surface area contributed by atoms with Crippen molar-refractivity contribution in [3.63, 3.8) is 0 Å². The molecule has 35 heavy (non-hydrogen) atoms. The number of nitrogens with zero attached hydrogens (tertiary/aromatic N) is 2. The van der Waals surface area contributed by atoms with E-state index in [1.165, 1.54) is 18.1 Å². The fraction of sp³-hybridized carbons (Fsp3) is 0.520. The quantitative estimate of drug-likeness (QED) is 0.541. The summed E-state index contributed by atoms with van der Waals surface area (Å²) in [5.41, 5.74) is 0.239. The van der Waals surface area contributed by atoms with Crippen molar-refractivity contribution in [2.45, 2.75) is 65.5 Å². The maximum absolute atomic E-state index is 15.2. The van der Waals surface area contributed by atoms with Gasteiger partial charge in [0, 0.05) is 37.3 Å². The van der Waals surface area contributed by atoms with E-state index in [9.17, 15) is 19.2 Å². The Morgan fingerprint density at radius 2 is 1.80 bits per heavy atom. The summed E-state index contributed by atoms with van der Waals surface area (Å²) in [6, 6.07) is 2.07. The van der Waals surface area contributed by atoms with Crippen molar-refractivity contribution in [2.75, 3.05) is 30.1 Å². The number of esters is 1. The topological polar surface area (TPSA) is 102 Å². The van der Waals surface area contributed by atoms with Crippen LogP contribution in [0.15, 0.2) is 23.3 Å². The van der Waals surface area contributed by atoms with Gasteiger partial charge in [0.05, 0.1) is 18.0 Å². The van der Waals surface area contributed by atoms with Crippen molar-refractivity contribution >= 4 is 35.1 Å². The van der Waals surface area contributed by atoms with Crippen LogP contribution in [0.3, 0.4) is 0 Å². The molecule has 1 unspecified atom stereocenters. The molecule has 1 heterocycles. The van der Waals surface area contributed by atoms with Crippen molar-refractivity contribution in [3.8, 4) is 5.75 Å². The average Bonchev–Trinajstić information content (AvgIpc) is 2.79. The number of rotatable bonds is 7. The summed E-state index contributed by atoms with van der Waals surface area (Å²) in [5.74, 6) is -3.22. The number of carbonyl (C=O) groups excluding carboxylic acids is 4. The number of imide groups is 1. The Labute approximate surface area is 203 Å². The molecule has 3 rings (SSSR count). The van der Waals surface area contributed by atoms with Gasteiger partial charge in [0.15, 0.2) is 12.4 Å². The van der Waals surface area contributed by atoms with Gasteiger partial charge in [0.25, 0.3) is 11.8 Å². The van der Waals surface area contributed by atoms with Gasteiger partial charge in [-0.1, -0.05) is 0 Å². The number of amides is 3. The zero-order valence-corrected chi connectivity index (χ0v) is 20.7. The smallest absolute Gasteiger partial charge is 0.334 e. The largest absolute Gasteiger partial charge is 0.481 e. The first-order chi connectivity index (χ1) is 16.6. The highest BCUT2D eigenvalue weighted by Crippen LogP contribution is 2.39. The molecule has 9 nitrogen and oxygen atoms in total. The minimum atomic E-state index is -0.861. The average molecular weight is 491 g/mol. The first-order valence-electron chi connectivity index (χ1n) is 11.6. The molecule has 0 aromatic heterocycles. The molecule has 1 aliphatic carbocycles. The van der Waals surface area contributed by atoms with Crippen molar-refractivity contribution in [3.05, 3.63) is 29.1 Å². The standard InChI is InChI=1S/C25H31FN2O7/c1-14(2)27-21-11-20(19(26)10-22(21)34-13-23(27)30)28(16(4)29)24(31)17-8-6-7-9-18(17)25(32)35-15(3)12-33-5/h10-11,14-15H,6-9,12-13H2,1-5H3. The highest BCUT2D eigenvalue weighted by atomic mass is 19.1. The van der Waals surface area contributed by atoms with Gasteiger partial charge in [-0.25, -0.2) is 14.1 Å². The van der Waals surface area contributed by atoms with Crippen LogP contribution in [-0.4, -0.2) is 56.2 Å². The van der Waals surface area contributed by atoms with Crippen LogP contribution in [0, 0.1) is 5.82 Å². The summed E-state index contributed by atoms with van der Waals surface area (Å²) in [6.07, 6.45) is 1.34. The van der Waals surface area contributed by atoms with Crippen molar-refractivity contribution in [1.29, 1.82) is 0 Å². The Balaban J connectivity index is 2.05. The van der Waals surface area contributed by atoms with Crippen LogP contribution in [0.25, 0.3) is 0 Å². The van der Waals surface area contributed by atoms with E-state index < -0.39 is 29.7 Å². The minimum Gasteiger partial charge on any atom is -0.481 e. The molecule has 1 aromatic rings. The highest BCUT2D eigenvalue weighted by Gasteiger charge is 2.35. The predicted molar refractivity (Wildman–Crippen MR) is 126 cm³/mol. The third-order valence-corrected chi connectivity index (χ3v) is 5.87. The maximum atomic E-state index is 15.2. The van der Waals surface area contributed by atoms with Crippen LogP contribution < -0.4 is 14.5 Å². The number of halogens is 1. The van der Waals surface area contributed by atoms with Crippen LogP contribution in [0.2, 0.25) is 0 Å². The summed E-state index contributed by atoms with van der Waals surface area (Å²) in [4.78, 5) is 53.6. The van der Waals surface area contributed by atoms with Crippen LogP contribution in [0.4, 0.5) is 15.8 Å². The second-order valence-corrected chi connectivity index (χ2v) is 8.91. The summed E-state index contributed by atoms with van der Waals surface area (Å²) < 4.78 is 31.0. The maximum Gasteiger partial charge on any atom is 0.334 e. The molecule has 3 amide bonds. The lowest BCUT2D eigenvalue weighted by Gasteiger charge is -2.34. The molecule has 0 bridgehead atoms. The molecule has 0 spiro atoms. The van der Waals surface area contributed by atoms with E-state index in [1.807, 2.05) is 0 Å². The Bertz CT molecular complexity index is 1070. The van der Waals surface area contributed by atoms with Crippen LogP contribution in [0.5, 0.6) is 5.75 Å². The molecule has 1 aliphatic heterocycles. The summed E-state index contributed by atoms with van der Waals surface area (Å²) in [5, 5.41) is 0. The normalized spacial score (nSPS) is 16.5. The fourth-order valence-electron chi connectivity index (χ4n) is 4.36. The Kier molecular flexibility index (Phi) is 8.26. The third-order valence-electron chi connectivity index (χ3n) is 5.87. The van der Waals surface area contributed by atoms with E-state index in [0.717, 1.165) is 13.0 Å². The number of fused-ring (bicyclic) bond motifs is 1. The summed E-state index contributed by atoms with van der Waals surface area (Å²) >= 11 is 0. The number of methoxy groups -OCH3 is 1. The van der Waals surface area contributed by atoms with Crippen LogP contribution in [0.1, 0.15) is 53.4 Å². The second-order valence-electron chi connectivity index (χ2n) is 8.91. The number of carbonyl (C=O) groups is 4. The molecule has 0 fully saturated rings. The first kappa shape index (κ1) is 26.3. The highest BCUT2D eigenvalue weighted by molar-refractivity contribution is 6.22.